The lowest BCUT2D eigenvalue weighted by molar-refractivity contribution is -0.117. The van der Waals surface area contributed by atoms with Gasteiger partial charge in [-0.15, -0.1) is 0 Å². The Labute approximate surface area is 108 Å². The number of hydrogen-bond acceptors (Lipinski definition) is 3. The molecule has 0 N–H and O–H groups in total. The maximum atomic E-state index is 11.8. The molecule has 0 bridgehead atoms. The fourth-order valence-corrected chi connectivity index (χ4v) is 1.81. The molecule has 0 aliphatic carbocycles. The zero-order chi connectivity index (χ0) is 12.1. The zero-order valence-electron chi connectivity index (χ0n) is 9.49. The van der Waals surface area contributed by atoms with E-state index in [4.69, 9.17) is 0 Å². The number of Topliss-reactive ketones (excluding diaryl/α,β-unsaturated/α-hetero) is 1. The van der Waals surface area contributed by atoms with E-state index < -0.39 is 0 Å². The van der Waals surface area contributed by atoms with Crippen molar-refractivity contribution >= 4 is 28.4 Å². The molecule has 0 amide bonds. The molecule has 1 heterocycles. The molecule has 0 aliphatic rings. The minimum atomic E-state index is 0.0101. The highest BCUT2D eigenvalue weighted by Gasteiger charge is 2.04. The summed E-state index contributed by atoms with van der Waals surface area (Å²) >= 11 is 2.02. The van der Waals surface area contributed by atoms with E-state index in [1.165, 1.54) is 0 Å². The summed E-state index contributed by atoms with van der Waals surface area (Å²) in [7, 11) is 0. The van der Waals surface area contributed by atoms with Crippen LogP contribution in [0.1, 0.15) is 31.9 Å². The van der Waals surface area contributed by atoms with E-state index in [1.54, 1.807) is 17.8 Å². The number of aromatic nitrogens is 2. The Kier molecular flexibility index (Phi) is 5.11. The maximum absolute atomic E-state index is 11.8. The summed E-state index contributed by atoms with van der Waals surface area (Å²) in [6.45, 7) is 4.04. The number of unbranched alkanes of at least 4 members (excludes halogenated alkanes) is 1. The zero-order valence-corrected chi connectivity index (χ0v) is 11.7. The lowest BCUT2D eigenvalue weighted by Gasteiger charge is -2.06. The molecule has 0 aliphatic heterocycles. The van der Waals surface area contributed by atoms with Gasteiger partial charge in [0.05, 0.1) is 15.6 Å². The molecule has 0 aromatic carbocycles. The summed E-state index contributed by atoms with van der Waals surface area (Å²) in [6, 6.07) is 0. The van der Waals surface area contributed by atoms with Crippen LogP contribution in [0.25, 0.3) is 0 Å². The molecule has 4 nitrogen and oxygen atoms in total. The normalized spacial score (nSPS) is 10.4. The molecule has 0 saturated heterocycles. The summed E-state index contributed by atoms with van der Waals surface area (Å²) < 4.78 is 2.28. The number of rotatable bonds is 5. The van der Waals surface area contributed by atoms with Crippen molar-refractivity contribution < 1.29 is 4.79 Å². The summed E-state index contributed by atoms with van der Waals surface area (Å²) in [6.07, 6.45) is 3.82. The second-order valence-electron chi connectivity index (χ2n) is 3.80. The van der Waals surface area contributed by atoms with E-state index in [0.717, 1.165) is 18.5 Å². The van der Waals surface area contributed by atoms with Gasteiger partial charge in [0.2, 0.25) is 0 Å². The molecule has 1 aromatic heterocycles. The highest BCUT2D eigenvalue weighted by molar-refractivity contribution is 14.1. The first-order chi connectivity index (χ1) is 7.52. The van der Waals surface area contributed by atoms with Gasteiger partial charge in [-0.1, -0.05) is 0 Å². The molecule has 16 heavy (non-hydrogen) atoms. The van der Waals surface area contributed by atoms with Gasteiger partial charge in [0, 0.05) is 13.0 Å². The Morgan fingerprint density at radius 3 is 2.81 bits per heavy atom. The number of nitrogens with zero attached hydrogens (tertiary/aromatic N) is 2. The molecular weight excluding hydrogens is 319 g/mol. The predicted octanol–water partition coefficient (Wildman–Crippen LogP) is 1.92. The quantitative estimate of drug-likeness (QED) is 0.611. The van der Waals surface area contributed by atoms with Crippen LogP contribution in [-0.4, -0.2) is 15.3 Å². The Morgan fingerprint density at radius 1 is 1.50 bits per heavy atom. The number of hydrogen-bond donors (Lipinski definition) is 0. The first-order valence-corrected chi connectivity index (χ1v) is 6.31. The maximum Gasteiger partial charge on any atom is 0.266 e. The average Bonchev–Trinajstić information content (AvgIpc) is 2.23. The van der Waals surface area contributed by atoms with Gasteiger partial charge in [-0.05, 0) is 49.3 Å². The molecule has 1 rings (SSSR count). The van der Waals surface area contributed by atoms with Gasteiger partial charge in [0.1, 0.15) is 5.78 Å². The third kappa shape index (κ3) is 3.70. The summed E-state index contributed by atoms with van der Waals surface area (Å²) in [5.41, 5.74) is 0.779. The van der Waals surface area contributed by atoms with Crippen molar-refractivity contribution in [1.82, 2.24) is 9.55 Å². The molecule has 1 aromatic rings. The monoisotopic (exact) mass is 334 g/mol. The molecular formula is C11H15IN2O2. The highest BCUT2D eigenvalue weighted by atomic mass is 127. The number of carbonyl (C=O) groups is 1. The second-order valence-corrected chi connectivity index (χ2v) is 4.88. The van der Waals surface area contributed by atoms with Crippen LogP contribution in [-0.2, 0) is 11.3 Å². The predicted molar refractivity (Wildman–Crippen MR) is 70.5 cm³/mol. The SMILES string of the molecule is CC(=O)CCCCn1cnc(C)c(I)c1=O. The lowest BCUT2D eigenvalue weighted by Crippen LogP contribution is -2.24. The van der Waals surface area contributed by atoms with Crippen molar-refractivity contribution in [3.05, 3.63) is 25.9 Å². The molecule has 0 atom stereocenters. The van der Waals surface area contributed by atoms with Gasteiger partial charge < -0.3 is 4.79 Å². The first-order valence-electron chi connectivity index (χ1n) is 5.23. The topological polar surface area (TPSA) is 52.0 Å². The van der Waals surface area contributed by atoms with E-state index in [-0.39, 0.29) is 11.3 Å². The number of halogens is 1. The third-order valence-corrected chi connectivity index (χ3v) is 3.58. The minimum absolute atomic E-state index is 0.0101. The van der Waals surface area contributed by atoms with Gasteiger partial charge in [-0.3, -0.25) is 9.36 Å². The van der Waals surface area contributed by atoms with Crippen LogP contribution < -0.4 is 5.56 Å². The second kappa shape index (κ2) is 6.12. The molecule has 88 valence electrons. The number of carbonyl (C=O) groups excluding carboxylic acids is 1. The van der Waals surface area contributed by atoms with Crippen LogP contribution >= 0.6 is 22.6 Å². The summed E-state index contributed by atoms with van der Waals surface area (Å²) in [4.78, 5) is 26.6. The van der Waals surface area contributed by atoms with Crippen molar-refractivity contribution in [2.45, 2.75) is 39.7 Å². The van der Waals surface area contributed by atoms with Gasteiger partial charge >= 0.3 is 0 Å². The minimum Gasteiger partial charge on any atom is -0.300 e. The molecule has 0 spiro atoms. The van der Waals surface area contributed by atoms with Crippen LogP contribution in [0.3, 0.4) is 0 Å². The number of aryl methyl sites for hydroxylation is 2. The van der Waals surface area contributed by atoms with E-state index in [0.29, 0.717) is 16.5 Å². The summed E-state index contributed by atoms with van der Waals surface area (Å²) in [5.74, 6) is 0.198. The van der Waals surface area contributed by atoms with Crippen molar-refractivity contribution in [2.24, 2.45) is 0 Å². The van der Waals surface area contributed by atoms with E-state index in [9.17, 15) is 9.59 Å². The van der Waals surface area contributed by atoms with Gasteiger partial charge in [-0.2, -0.15) is 0 Å². The smallest absolute Gasteiger partial charge is 0.266 e. The van der Waals surface area contributed by atoms with Gasteiger partial charge in [0.25, 0.3) is 5.56 Å². The average molecular weight is 334 g/mol. The molecule has 5 heteroatoms. The highest BCUT2D eigenvalue weighted by Crippen LogP contribution is 2.03. The Balaban J connectivity index is 2.58. The van der Waals surface area contributed by atoms with E-state index >= 15 is 0 Å². The lowest BCUT2D eigenvalue weighted by atomic mass is 10.2. The van der Waals surface area contributed by atoms with Crippen molar-refractivity contribution in [1.29, 1.82) is 0 Å². The Morgan fingerprint density at radius 2 is 2.19 bits per heavy atom. The Bertz CT molecular complexity index is 440. The molecule has 0 radical (unpaired) electrons. The molecule has 0 saturated carbocycles. The van der Waals surface area contributed by atoms with Gasteiger partial charge in [-0.25, -0.2) is 4.98 Å². The van der Waals surface area contributed by atoms with Crippen molar-refractivity contribution in [3.63, 3.8) is 0 Å². The van der Waals surface area contributed by atoms with Crippen LogP contribution in [0.4, 0.5) is 0 Å². The van der Waals surface area contributed by atoms with Crippen LogP contribution in [0, 0.1) is 10.5 Å². The summed E-state index contributed by atoms with van der Waals surface area (Å²) in [5, 5.41) is 0. The fraction of sp³-hybridized carbons (Fsp3) is 0.545. The number of ketones is 1. The van der Waals surface area contributed by atoms with Crippen molar-refractivity contribution in [2.75, 3.05) is 0 Å². The van der Waals surface area contributed by atoms with Crippen LogP contribution in [0.2, 0.25) is 0 Å². The largest absolute Gasteiger partial charge is 0.300 e. The van der Waals surface area contributed by atoms with Crippen molar-refractivity contribution in [3.8, 4) is 0 Å². The molecule has 0 unspecified atom stereocenters. The third-order valence-electron chi connectivity index (χ3n) is 2.33. The van der Waals surface area contributed by atoms with Crippen LogP contribution in [0.15, 0.2) is 11.1 Å². The van der Waals surface area contributed by atoms with Gasteiger partial charge in [0.15, 0.2) is 0 Å². The first kappa shape index (κ1) is 13.3. The van der Waals surface area contributed by atoms with E-state index in [1.807, 2.05) is 29.5 Å². The van der Waals surface area contributed by atoms with Crippen LogP contribution in [0.5, 0.6) is 0 Å². The van der Waals surface area contributed by atoms with E-state index in [2.05, 4.69) is 4.98 Å². The fourth-order valence-electron chi connectivity index (χ4n) is 1.36. The molecule has 0 fully saturated rings. The Hall–Kier alpha value is -0.720. The standard InChI is InChI=1S/C11H15IN2O2/c1-8(15)5-3-4-6-14-7-13-9(2)10(12)11(14)16/h7H,3-6H2,1-2H3.